The summed E-state index contributed by atoms with van der Waals surface area (Å²) in [5, 5.41) is 7.92. The van der Waals surface area contributed by atoms with Crippen molar-refractivity contribution in [3.8, 4) is 22.8 Å². The Bertz CT molecular complexity index is 1270. The normalized spacial score (nSPS) is 10.7. The number of para-hydroxylation sites is 2. The number of carbonyl (C=O) groups is 1. The average molecular weight is 433 g/mol. The maximum Gasteiger partial charge on any atom is 0.295 e. The summed E-state index contributed by atoms with van der Waals surface area (Å²) >= 11 is 6.20. The van der Waals surface area contributed by atoms with Crippen molar-refractivity contribution in [1.29, 1.82) is 0 Å². The van der Waals surface area contributed by atoms with Crippen molar-refractivity contribution in [2.24, 2.45) is 0 Å². The Balaban J connectivity index is 1.79. The van der Waals surface area contributed by atoms with E-state index in [2.05, 4.69) is 15.4 Å². The summed E-state index contributed by atoms with van der Waals surface area (Å²) in [4.78, 5) is 17.5. The van der Waals surface area contributed by atoms with Crippen LogP contribution in [0.5, 0.6) is 5.75 Å². The Morgan fingerprint density at radius 2 is 1.81 bits per heavy atom. The molecule has 1 amide bonds. The third-order valence-electron chi connectivity index (χ3n) is 4.98. The predicted octanol–water partition coefficient (Wildman–Crippen LogP) is 5.47. The molecule has 7 heteroatoms. The quantitative estimate of drug-likeness (QED) is 0.454. The summed E-state index contributed by atoms with van der Waals surface area (Å²) in [6.45, 7) is 4.08. The Kier molecular flexibility index (Phi) is 5.73. The van der Waals surface area contributed by atoms with E-state index >= 15 is 0 Å². The molecule has 0 spiro atoms. The van der Waals surface area contributed by atoms with Gasteiger partial charge < -0.3 is 10.1 Å². The Morgan fingerprint density at radius 3 is 2.55 bits per heavy atom. The van der Waals surface area contributed by atoms with Gasteiger partial charge in [-0.3, -0.25) is 4.79 Å². The monoisotopic (exact) mass is 432 g/mol. The highest BCUT2D eigenvalue weighted by atomic mass is 35.5. The van der Waals surface area contributed by atoms with Crippen LogP contribution in [0.4, 0.5) is 5.69 Å². The molecule has 0 bridgehead atoms. The van der Waals surface area contributed by atoms with Crippen LogP contribution in [0.15, 0.2) is 66.7 Å². The number of halogens is 1. The van der Waals surface area contributed by atoms with Gasteiger partial charge in [-0.05, 0) is 61.4 Å². The van der Waals surface area contributed by atoms with E-state index in [1.807, 2.05) is 56.3 Å². The van der Waals surface area contributed by atoms with Gasteiger partial charge >= 0.3 is 0 Å². The minimum Gasteiger partial charge on any atom is -0.495 e. The van der Waals surface area contributed by atoms with Crippen LogP contribution in [0.25, 0.3) is 17.1 Å². The SMILES string of the molecule is COc1ccccc1NC(=O)c1nc(-c2cccc(Cl)c2)n(-c2ccc(C)c(C)c2)n1. The first-order valence-electron chi connectivity index (χ1n) is 9.71. The number of hydrogen-bond donors (Lipinski definition) is 1. The van der Waals surface area contributed by atoms with E-state index in [-0.39, 0.29) is 5.82 Å². The first-order chi connectivity index (χ1) is 15.0. The third-order valence-corrected chi connectivity index (χ3v) is 5.22. The fraction of sp³-hybridized carbons (Fsp3) is 0.125. The molecule has 1 aromatic heterocycles. The first-order valence-corrected chi connectivity index (χ1v) is 10.1. The van der Waals surface area contributed by atoms with Crippen LogP contribution < -0.4 is 10.1 Å². The second-order valence-corrected chi connectivity index (χ2v) is 7.54. The van der Waals surface area contributed by atoms with Gasteiger partial charge in [0.25, 0.3) is 5.91 Å². The number of nitrogens with one attached hydrogen (secondary N) is 1. The molecule has 0 unspecified atom stereocenters. The van der Waals surface area contributed by atoms with E-state index in [1.54, 1.807) is 36.1 Å². The van der Waals surface area contributed by atoms with Gasteiger partial charge in [0.15, 0.2) is 5.82 Å². The lowest BCUT2D eigenvalue weighted by molar-refractivity contribution is 0.101. The molecule has 1 N–H and O–H groups in total. The lowest BCUT2D eigenvalue weighted by atomic mass is 10.1. The molecular formula is C24H21ClN4O2. The maximum absolute atomic E-state index is 13.0. The second kappa shape index (κ2) is 8.62. The van der Waals surface area contributed by atoms with Gasteiger partial charge in [-0.25, -0.2) is 9.67 Å². The summed E-state index contributed by atoms with van der Waals surface area (Å²) in [5.74, 6) is 0.685. The molecule has 0 atom stereocenters. The van der Waals surface area contributed by atoms with Crippen LogP contribution in [0.3, 0.4) is 0 Å². The van der Waals surface area contributed by atoms with Gasteiger partial charge in [0.2, 0.25) is 5.82 Å². The molecule has 0 saturated carbocycles. The van der Waals surface area contributed by atoms with E-state index in [9.17, 15) is 4.79 Å². The molecule has 6 nitrogen and oxygen atoms in total. The van der Waals surface area contributed by atoms with E-state index in [1.165, 1.54) is 5.56 Å². The number of rotatable bonds is 5. The maximum atomic E-state index is 13.0. The molecule has 3 aromatic carbocycles. The second-order valence-electron chi connectivity index (χ2n) is 7.10. The Morgan fingerprint density at radius 1 is 1.00 bits per heavy atom. The van der Waals surface area contributed by atoms with E-state index in [0.29, 0.717) is 22.3 Å². The van der Waals surface area contributed by atoms with Crippen LogP contribution >= 0.6 is 11.6 Å². The molecule has 4 rings (SSSR count). The Labute approximate surface area is 185 Å². The number of aryl methyl sites for hydroxylation is 2. The number of methoxy groups -OCH3 is 1. The zero-order chi connectivity index (χ0) is 22.0. The van der Waals surface area contributed by atoms with Crippen molar-refractivity contribution in [3.63, 3.8) is 0 Å². The molecule has 0 radical (unpaired) electrons. The molecule has 0 aliphatic carbocycles. The van der Waals surface area contributed by atoms with Crippen LogP contribution in [-0.4, -0.2) is 27.8 Å². The number of nitrogens with zero attached hydrogens (tertiary/aromatic N) is 3. The number of amides is 1. The van der Waals surface area contributed by atoms with Crippen molar-refractivity contribution in [1.82, 2.24) is 14.8 Å². The molecule has 4 aromatic rings. The zero-order valence-electron chi connectivity index (χ0n) is 17.4. The highest BCUT2D eigenvalue weighted by Gasteiger charge is 2.20. The van der Waals surface area contributed by atoms with Crippen LogP contribution in [0.1, 0.15) is 21.7 Å². The number of carbonyl (C=O) groups excluding carboxylic acids is 1. The van der Waals surface area contributed by atoms with Crippen molar-refractivity contribution >= 4 is 23.2 Å². The number of ether oxygens (including phenoxy) is 1. The summed E-state index contributed by atoms with van der Waals surface area (Å²) < 4.78 is 6.97. The van der Waals surface area contributed by atoms with E-state index in [0.717, 1.165) is 16.8 Å². The summed E-state index contributed by atoms with van der Waals surface area (Å²) in [6.07, 6.45) is 0. The van der Waals surface area contributed by atoms with Gasteiger partial charge in [-0.15, -0.1) is 5.10 Å². The van der Waals surface area contributed by atoms with Crippen LogP contribution in [0.2, 0.25) is 5.02 Å². The molecule has 156 valence electrons. The third kappa shape index (κ3) is 4.29. The molecule has 0 aliphatic heterocycles. The molecule has 31 heavy (non-hydrogen) atoms. The van der Waals surface area contributed by atoms with Crippen molar-refractivity contribution in [2.75, 3.05) is 12.4 Å². The summed E-state index contributed by atoms with van der Waals surface area (Å²) in [5.41, 5.74) is 4.39. The molecule has 0 aliphatic rings. The van der Waals surface area contributed by atoms with Crippen LogP contribution in [0, 0.1) is 13.8 Å². The highest BCUT2D eigenvalue weighted by Crippen LogP contribution is 2.27. The first kappa shape index (κ1) is 20.6. The predicted molar refractivity (Wildman–Crippen MR) is 122 cm³/mol. The smallest absolute Gasteiger partial charge is 0.295 e. The Hall–Kier alpha value is -3.64. The standard InChI is InChI=1S/C24H21ClN4O2/c1-15-11-12-19(13-16(15)2)29-23(17-7-6-8-18(25)14-17)27-22(28-29)24(30)26-20-9-4-5-10-21(20)31-3/h4-14H,1-3H3,(H,26,30). The number of hydrogen-bond acceptors (Lipinski definition) is 4. The number of aromatic nitrogens is 3. The lowest BCUT2D eigenvalue weighted by Gasteiger charge is -2.09. The summed E-state index contributed by atoms with van der Waals surface area (Å²) in [7, 11) is 1.55. The van der Waals surface area contributed by atoms with E-state index in [4.69, 9.17) is 16.3 Å². The average Bonchev–Trinajstić information content (AvgIpc) is 3.22. The summed E-state index contributed by atoms with van der Waals surface area (Å²) in [6, 6.07) is 20.5. The topological polar surface area (TPSA) is 69.0 Å². The molecule has 0 saturated heterocycles. The van der Waals surface area contributed by atoms with Gasteiger partial charge in [0.1, 0.15) is 5.75 Å². The van der Waals surface area contributed by atoms with Crippen molar-refractivity contribution < 1.29 is 9.53 Å². The lowest BCUT2D eigenvalue weighted by Crippen LogP contribution is -2.15. The van der Waals surface area contributed by atoms with Crippen molar-refractivity contribution in [3.05, 3.63) is 88.7 Å². The van der Waals surface area contributed by atoms with Gasteiger partial charge in [0, 0.05) is 10.6 Å². The molecule has 1 heterocycles. The number of anilines is 1. The zero-order valence-corrected chi connectivity index (χ0v) is 18.1. The highest BCUT2D eigenvalue weighted by molar-refractivity contribution is 6.30. The fourth-order valence-corrected chi connectivity index (χ4v) is 3.38. The van der Waals surface area contributed by atoms with Crippen LogP contribution in [-0.2, 0) is 0 Å². The van der Waals surface area contributed by atoms with Gasteiger partial charge in [0.05, 0.1) is 18.5 Å². The van der Waals surface area contributed by atoms with Gasteiger partial charge in [-0.1, -0.05) is 41.9 Å². The van der Waals surface area contributed by atoms with E-state index < -0.39 is 5.91 Å². The minimum atomic E-state index is -0.435. The van der Waals surface area contributed by atoms with Gasteiger partial charge in [-0.2, -0.15) is 0 Å². The number of benzene rings is 3. The molecule has 0 fully saturated rings. The fourth-order valence-electron chi connectivity index (χ4n) is 3.19. The molecular weight excluding hydrogens is 412 g/mol. The largest absolute Gasteiger partial charge is 0.495 e. The van der Waals surface area contributed by atoms with Crippen molar-refractivity contribution in [2.45, 2.75) is 13.8 Å². The minimum absolute atomic E-state index is 0.0408.